The van der Waals surface area contributed by atoms with E-state index in [0.717, 1.165) is 5.56 Å². The summed E-state index contributed by atoms with van der Waals surface area (Å²) in [5.74, 6) is -0.00956. The lowest BCUT2D eigenvalue weighted by Gasteiger charge is -2.32. The Kier molecular flexibility index (Phi) is 3.64. The number of nitrogens with zero attached hydrogens (tertiary/aromatic N) is 2. The van der Waals surface area contributed by atoms with Crippen molar-refractivity contribution < 1.29 is 5.11 Å². The first-order valence-corrected chi connectivity index (χ1v) is 6.17. The Hall–Kier alpha value is -1.45. The molecule has 0 bridgehead atoms. The highest BCUT2D eigenvalue weighted by Gasteiger charge is 2.35. The molecule has 4 heteroatoms. The first-order valence-electron chi connectivity index (χ1n) is 5.79. The van der Waals surface area contributed by atoms with Crippen molar-refractivity contribution in [2.45, 2.75) is 19.4 Å². The van der Waals surface area contributed by atoms with Gasteiger partial charge < -0.3 is 5.11 Å². The van der Waals surface area contributed by atoms with Crippen molar-refractivity contribution in [3.63, 3.8) is 0 Å². The van der Waals surface area contributed by atoms with Crippen molar-refractivity contribution in [2.24, 2.45) is 5.92 Å². The van der Waals surface area contributed by atoms with Gasteiger partial charge in [0.15, 0.2) is 0 Å². The maximum absolute atomic E-state index is 11.0. The van der Waals surface area contributed by atoms with E-state index in [1.54, 1.807) is 24.5 Å². The summed E-state index contributed by atoms with van der Waals surface area (Å²) >= 11 is 5.88. The highest BCUT2D eigenvalue weighted by Crippen LogP contribution is 2.36. The van der Waals surface area contributed by atoms with Gasteiger partial charge in [0.25, 0.3) is 0 Å². The summed E-state index contributed by atoms with van der Waals surface area (Å²) in [6.07, 6.45) is 4.73. The molecule has 1 aromatic carbocycles. The van der Waals surface area contributed by atoms with Crippen LogP contribution < -0.4 is 0 Å². The van der Waals surface area contributed by atoms with E-state index in [1.807, 2.05) is 26.0 Å². The average Bonchev–Trinajstić information content (AvgIpc) is 2.39. The molecule has 0 saturated heterocycles. The van der Waals surface area contributed by atoms with Gasteiger partial charge in [0.2, 0.25) is 0 Å². The Balaban J connectivity index is 2.54. The normalized spacial score (nSPS) is 14.5. The molecule has 94 valence electrons. The van der Waals surface area contributed by atoms with Crippen LogP contribution in [0.15, 0.2) is 43.0 Å². The molecule has 0 saturated carbocycles. The number of rotatable bonds is 3. The van der Waals surface area contributed by atoms with E-state index in [2.05, 4.69) is 9.97 Å². The van der Waals surface area contributed by atoms with E-state index >= 15 is 0 Å². The largest absolute Gasteiger partial charge is 0.380 e. The Labute approximate surface area is 111 Å². The van der Waals surface area contributed by atoms with Crippen LogP contribution in [0.25, 0.3) is 0 Å². The molecule has 0 radical (unpaired) electrons. The predicted molar refractivity (Wildman–Crippen MR) is 71.3 cm³/mol. The number of halogens is 1. The zero-order chi connectivity index (χ0) is 13.2. The number of aliphatic hydroxyl groups is 1. The maximum Gasteiger partial charge on any atom is 0.120 e. The van der Waals surface area contributed by atoms with Crippen molar-refractivity contribution in [1.82, 2.24) is 9.97 Å². The summed E-state index contributed by atoms with van der Waals surface area (Å²) in [6, 6.07) is 7.20. The van der Waals surface area contributed by atoms with Crippen LogP contribution in [0.3, 0.4) is 0 Å². The summed E-state index contributed by atoms with van der Waals surface area (Å²) < 4.78 is 0. The lowest BCUT2D eigenvalue weighted by molar-refractivity contribution is 0.0311. The molecule has 0 spiro atoms. The number of aromatic nitrogens is 2. The molecule has 0 aliphatic carbocycles. The second-order valence-corrected chi connectivity index (χ2v) is 4.99. The van der Waals surface area contributed by atoms with E-state index in [1.165, 1.54) is 6.33 Å². The van der Waals surface area contributed by atoms with Gasteiger partial charge in [-0.2, -0.15) is 0 Å². The highest BCUT2D eigenvalue weighted by molar-refractivity contribution is 6.30. The molecule has 18 heavy (non-hydrogen) atoms. The van der Waals surface area contributed by atoms with E-state index in [4.69, 9.17) is 11.6 Å². The van der Waals surface area contributed by atoms with Crippen LogP contribution in [0.5, 0.6) is 0 Å². The topological polar surface area (TPSA) is 46.0 Å². The van der Waals surface area contributed by atoms with Crippen LogP contribution in [0.2, 0.25) is 5.02 Å². The fourth-order valence-corrected chi connectivity index (χ4v) is 2.16. The molecule has 0 unspecified atom stereocenters. The van der Waals surface area contributed by atoms with Gasteiger partial charge in [-0.1, -0.05) is 37.6 Å². The van der Waals surface area contributed by atoms with Crippen LogP contribution in [0, 0.1) is 5.92 Å². The molecule has 1 aromatic heterocycles. The van der Waals surface area contributed by atoms with E-state index in [9.17, 15) is 5.11 Å². The SMILES string of the molecule is CC(C)[C@](O)(c1ccc(Cl)cc1)c1cncnc1. The molecule has 0 amide bonds. The summed E-state index contributed by atoms with van der Waals surface area (Å²) in [5.41, 5.74) is 0.366. The van der Waals surface area contributed by atoms with Crippen molar-refractivity contribution in [1.29, 1.82) is 0 Å². The molecule has 2 rings (SSSR count). The minimum Gasteiger partial charge on any atom is -0.380 e. The molecule has 1 heterocycles. The molecule has 0 aliphatic rings. The molecule has 3 nitrogen and oxygen atoms in total. The lowest BCUT2D eigenvalue weighted by atomic mass is 9.79. The Morgan fingerprint density at radius 2 is 1.61 bits per heavy atom. The molecule has 1 N–H and O–H groups in total. The molecule has 0 aliphatic heterocycles. The van der Waals surface area contributed by atoms with E-state index < -0.39 is 5.60 Å². The fourth-order valence-electron chi connectivity index (χ4n) is 2.03. The van der Waals surface area contributed by atoms with Crippen LogP contribution in [-0.2, 0) is 5.60 Å². The molecule has 1 atom stereocenters. The third-order valence-electron chi connectivity index (χ3n) is 3.12. The van der Waals surface area contributed by atoms with Crippen LogP contribution >= 0.6 is 11.6 Å². The van der Waals surface area contributed by atoms with Gasteiger partial charge in [-0.3, -0.25) is 0 Å². The monoisotopic (exact) mass is 262 g/mol. The third-order valence-corrected chi connectivity index (χ3v) is 3.37. The zero-order valence-corrected chi connectivity index (χ0v) is 11.1. The average molecular weight is 263 g/mol. The maximum atomic E-state index is 11.0. The van der Waals surface area contributed by atoms with Gasteiger partial charge in [-0.25, -0.2) is 9.97 Å². The summed E-state index contributed by atoms with van der Waals surface area (Å²) in [4.78, 5) is 7.96. The second-order valence-electron chi connectivity index (χ2n) is 4.56. The second kappa shape index (κ2) is 5.04. The minimum absolute atomic E-state index is 0.00956. The summed E-state index contributed by atoms with van der Waals surface area (Å²) in [7, 11) is 0. The summed E-state index contributed by atoms with van der Waals surface area (Å²) in [5, 5.41) is 11.6. The van der Waals surface area contributed by atoms with Crippen molar-refractivity contribution in [3.05, 3.63) is 59.1 Å². The van der Waals surface area contributed by atoms with Crippen molar-refractivity contribution >= 4 is 11.6 Å². The lowest BCUT2D eigenvalue weighted by Crippen LogP contribution is -2.33. The number of hydrogen-bond acceptors (Lipinski definition) is 3. The Morgan fingerprint density at radius 1 is 1.06 bits per heavy atom. The van der Waals surface area contributed by atoms with Gasteiger partial charge in [0.1, 0.15) is 11.9 Å². The molecule has 2 aromatic rings. The zero-order valence-electron chi connectivity index (χ0n) is 10.3. The van der Waals surface area contributed by atoms with E-state index in [0.29, 0.717) is 10.6 Å². The Bertz CT molecular complexity index is 513. The van der Waals surface area contributed by atoms with Gasteiger partial charge >= 0.3 is 0 Å². The minimum atomic E-state index is -1.11. The quantitative estimate of drug-likeness (QED) is 0.925. The molecular weight excluding hydrogens is 248 g/mol. The van der Waals surface area contributed by atoms with Gasteiger partial charge in [0.05, 0.1) is 0 Å². The van der Waals surface area contributed by atoms with Crippen LogP contribution in [0.1, 0.15) is 25.0 Å². The number of benzene rings is 1. The van der Waals surface area contributed by atoms with Gasteiger partial charge in [0, 0.05) is 23.0 Å². The van der Waals surface area contributed by atoms with Gasteiger partial charge in [-0.05, 0) is 23.6 Å². The number of hydrogen-bond donors (Lipinski definition) is 1. The smallest absolute Gasteiger partial charge is 0.120 e. The molecule has 0 fully saturated rings. The summed E-state index contributed by atoms with van der Waals surface area (Å²) in [6.45, 7) is 3.92. The standard InChI is InChI=1S/C14H15ClN2O/c1-10(2)14(18,12-7-16-9-17-8-12)11-3-5-13(15)6-4-11/h3-10,18H,1-2H3/t14-/m0/s1. The Morgan fingerprint density at radius 3 is 2.11 bits per heavy atom. The van der Waals surface area contributed by atoms with Crippen molar-refractivity contribution in [3.8, 4) is 0 Å². The van der Waals surface area contributed by atoms with Gasteiger partial charge in [-0.15, -0.1) is 0 Å². The third kappa shape index (κ3) is 2.24. The van der Waals surface area contributed by atoms with E-state index in [-0.39, 0.29) is 5.92 Å². The first kappa shape index (κ1) is 13.0. The van der Waals surface area contributed by atoms with Crippen LogP contribution in [0.4, 0.5) is 0 Å². The predicted octanol–water partition coefficient (Wildman–Crippen LogP) is 3.02. The highest BCUT2D eigenvalue weighted by atomic mass is 35.5. The fraction of sp³-hybridized carbons (Fsp3) is 0.286. The van der Waals surface area contributed by atoms with Crippen LogP contribution in [-0.4, -0.2) is 15.1 Å². The molecular formula is C14H15ClN2O. The van der Waals surface area contributed by atoms with Crippen molar-refractivity contribution in [2.75, 3.05) is 0 Å². The first-order chi connectivity index (χ1) is 8.55.